The molecule has 2 aliphatic carbocycles. The molecule has 2 aliphatic rings. The van der Waals surface area contributed by atoms with Gasteiger partial charge in [-0.3, -0.25) is 4.79 Å². The Bertz CT molecular complexity index is 201. The highest BCUT2D eigenvalue weighted by Gasteiger charge is 2.70. The smallest absolute Gasteiger partial charge is 0.311 e. The maximum atomic E-state index is 10.4. The van der Waals surface area contributed by atoms with E-state index in [1.54, 1.807) is 0 Å². The molecule has 0 aromatic heterocycles. The summed E-state index contributed by atoms with van der Waals surface area (Å²) in [5, 5.41) is 8.54. The number of aliphatic carboxylic acids is 1. The molecule has 48 valence electrons. The molecule has 1 atom stereocenters. The molecule has 2 saturated carbocycles. The van der Waals surface area contributed by atoms with Crippen molar-refractivity contribution < 1.29 is 9.90 Å². The van der Waals surface area contributed by atoms with Crippen LogP contribution in [0.2, 0.25) is 0 Å². The van der Waals surface area contributed by atoms with Crippen molar-refractivity contribution in [2.75, 3.05) is 0 Å². The summed E-state index contributed by atoms with van der Waals surface area (Å²) in [4.78, 5) is 10.4. The Hall–Kier alpha value is -0.790. The fraction of sp³-hybridized carbons (Fsp3) is 0.571. The third kappa shape index (κ3) is 0.397. The first-order chi connectivity index (χ1) is 4.18. The standard InChI is InChI=1S/C7H8O2/c1-4-5(6(8)9)7(4)2-3-7/h5H,1-3H2,(H,8,9). The zero-order chi connectivity index (χ0) is 6.65. The van der Waals surface area contributed by atoms with Gasteiger partial charge < -0.3 is 5.11 Å². The van der Waals surface area contributed by atoms with Crippen LogP contribution in [0.4, 0.5) is 0 Å². The van der Waals surface area contributed by atoms with Crippen LogP contribution in [0.5, 0.6) is 0 Å². The van der Waals surface area contributed by atoms with Crippen molar-refractivity contribution in [3.8, 4) is 0 Å². The number of rotatable bonds is 1. The van der Waals surface area contributed by atoms with Crippen LogP contribution in [0.15, 0.2) is 12.2 Å². The Morgan fingerprint density at radius 1 is 1.78 bits per heavy atom. The van der Waals surface area contributed by atoms with E-state index >= 15 is 0 Å². The van der Waals surface area contributed by atoms with E-state index in [0.29, 0.717) is 0 Å². The molecule has 9 heavy (non-hydrogen) atoms. The number of hydrogen-bond donors (Lipinski definition) is 1. The van der Waals surface area contributed by atoms with Gasteiger partial charge in [-0.1, -0.05) is 12.2 Å². The predicted molar refractivity (Wildman–Crippen MR) is 31.9 cm³/mol. The highest BCUT2D eigenvalue weighted by atomic mass is 16.4. The van der Waals surface area contributed by atoms with Crippen LogP contribution in [0, 0.1) is 11.3 Å². The van der Waals surface area contributed by atoms with Gasteiger partial charge in [0.1, 0.15) is 0 Å². The third-order valence-electron chi connectivity index (χ3n) is 2.49. The second kappa shape index (κ2) is 1.06. The minimum Gasteiger partial charge on any atom is -0.481 e. The van der Waals surface area contributed by atoms with Gasteiger partial charge in [0, 0.05) is 5.41 Å². The average molecular weight is 124 g/mol. The highest BCUT2D eigenvalue weighted by molar-refractivity contribution is 5.83. The molecule has 1 spiro atoms. The average Bonchev–Trinajstić information content (AvgIpc) is 2.54. The van der Waals surface area contributed by atoms with Crippen molar-refractivity contribution in [2.24, 2.45) is 11.3 Å². The lowest BCUT2D eigenvalue weighted by Crippen LogP contribution is -1.98. The number of carboxylic acid groups (broad SMARTS) is 1. The van der Waals surface area contributed by atoms with E-state index in [1.807, 2.05) is 0 Å². The van der Waals surface area contributed by atoms with Gasteiger partial charge in [-0.05, 0) is 12.8 Å². The lowest BCUT2D eigenvalue weighted by molar-refractivity contribution is -0.138. The molecular weight excluding hydrogens is 116 g/mol. The van der Waals surface area contributed by atoms with Gasteiger partial charge in [0.25, 0.3) is 0 Å². The fourth-order valence-corrected chi connectivity index (χ4v) is 1.62. The van der Waals surface area contributed by atoms with Gasteiger partial charge in [0.05, 0.1) is 5.92 Å². The summed E-state index contributed by atoms with van der Waals surface area (Å²) in [5.41, 5.74) is 1.06. The quantitative estimate of drug-likeness (QED) is 0.530. The zero-order valence-corrected chi connectivity index (χ0v) is 5.05. The molecule has 1 unspecified atom stereocenters. The molecule has 0 aromatic rings. The predicted octanol–water partition coefficient (Wildman–Crippen LogP) is 1.04. The van der Waals surface area contributed by atoms with Crippen LogP contribution in [0.1, 0.15) is 12.8 Å². The maximum Gasteiger partial charge on any atom is 0.311 e. The number of hydrogen-bond acceptors (Lipinski definition) is 1. The Kier molecular flexibility index (Phi) is 0.592. The first-order valence-electron chi connectivity index (χ1n) is 3.10. The van der Waals surface area contributed by atoms with Gasteiger partial charge in [-0.25, -0.2) is 0 Å². The van der Waals surface area contributed by atoms with Crippen molar-refractivity contribution >= 4 is 5.97 Å². The Morgan fingerprint density at radius 3 is 2.44 bits per heavy atom. The van der Waals surface area contributed by atoms with Crippen LogP contribution >= 0.6 is 0 Å². The van der Waals surface area contributed by atoms with Gasteiger partial charge >= 0.3 is 5.97 Å². The Labute approximate surface area is 53.2 Å². The summed E-state index contributed by atoms with van der Waals surface area (Å²) in [6.07, 6.45) is 2.12. The first kappa shape index (κ1) is 5.03. The summed E-state index contributed by atoms with van der Waals surface area (Å²) in [5.74, 6) is -0.866. The summed E-state index contributed by atoms with van der Waals surface area (Å²) < 4.78 is 0. The molecule has 2 fully saturated rings. The molecule has 0 amide bonds. The van der Waals surface area contributed by atoms with Crippen molar-refractivity contribution in [3.05, 3.63) is 12.2 Å². The third-order valence-corrected chi connectivity index (χ3v) is 2.49. The summed E-state index contributed by atoms with van der Waals surface area (Å²) in [7, 11) is 0. The van der Waals surface area contributed by atoms with E-state index in [1.165, 1.54) is 0 Å². The second-order valence-electron chi connectivity index (χ2n) is 2.95. The molecule has 0 radical (unpaired) electrons. The highest BCUT2D eigenvalue weighted by Crippen LogP contribution is 2.73. The molecule has 2 nitrogen and oxygen atoms in total. The van der Waals surface area contributed by atoms with Crippen LogP contribution in [-0.4, -0.2) is 11.1 Å². The second-order valence-corrected chi connectivity index (χ2v) is 2.95. The van der Waals surface area contributed by atoms with E-state index in [4.69, 9.17) is 5.11 Å². The van der Waals surface area contributed by atoms with Crippen molar-refractivity contribution in [2.45, 2.75) is 12.8 Å². The van der Waals surface area contributed by atoms with E-state index in [-0.39, 0.29) is 11.3 Å². The number of carbonyl (C=O) groups is 1. The van der Waals surface area contributed by atoms with Crippen molar-refractivity contribution in [3.63, 3.8) is 0 Å². The molecule has 2 rings (SSSR count). The molecule has 0 bridgehead atoms. The molecule has 0 heterocycles. The minimum atomic E-state index is -0.683. The van der Waals surface area contributed by atoms with Crippen LogP contribution in [-0.2, 0) is 4.79 Å². The molecule has 0 saturated heterocycles. The fourth-order valence-electron chi connectivity index (χ4n) is 1.62. The van der Waals surface area contributed by atoms with Gasteiger partial charge in [-0.2, -0.15) is 0 Å². The van der Waals surface area contributed by atoms with Crippen LogP contribution < -0.4 is 0 Å². The van der Waals surface area contributed by atoms with E-state index in [9.17, 15) is 4.79 Å². The van der Waals surface area contributed by atoms with Crippen LogP contribution in [0.25, 0.3) is 0 Å². The monoisotopic (exact) mass is 124 g/mol. The van der Waals surface area contributed by atoms with Crippen molar-refractivity contribution in [1.82, 2.24) is 0 Å². The Morgan fingerprint density at radius 2 is 2.33 bits per heavy atom. The lowest BCUT2D eigenvalue weighted by atomic mass is 10.3. The van der Waals surface area contributed by atoms with Gasteiger partial charge in [-0.15, -0.1) is 0 Å². The van der Waals surface area contributed by atoms with E-state index < -0.39 is 5.97 Å². The van der Waals surface area contributed by atoms with E-state index in [2.05, 4.69) is 6.58 Å². The summed E-state index contributed by atoms with van der Waals surface area (Å²) in [6, 6.07) is 0. The topological polar surface area (TPSA) is 37.3 Å². The summed E-state index contributed by atoms with van der Waals surface area (Å²) in [6.45, 7) is 3.70. The van der Waals surface area contributed by atoms with Gasteiger partial charge in [0.15, 0.2) is 0 Å². The molecule has 0 aliphatic heterocycles. The SMILES string of the molecule is C=C1C(C(=O)O)C12CC2. The molecule has 0 aromatic carbocycles. The van der Waals surface area contributed by atoms with Crippen molar-refractivity contribution in [1.29, 1.82) is 0 Å². The zero-order valence-electron chi connectivity index (χ0n) is 5.05. The van der Waals surface area contributed by atoms with E-state index in [0.717, 1.165) is 18.4 Å². The number of carboxylic acids is 1. The first-order valence-corrected chi connectivity index (χ1v) is 3.10. The normalized spacial score (nSPS) is 34.7. The molecule has 1 N–H and O–H groups in total. The summed E-state index contributed by atoms with van der Waals surface area (Å²) >= 11 is 0. The minimum absolute atomic E-state index is 0.103. The van der Waals surface area contributed by atoms with Crippen LogP contribution in [0.3, 0.4) is 0 Å². The molecule has 2 heteroatoms. The van der Waals surface area contributed by atoms with Gasteiger partial charge in [0.2, 0.25) is 0 Å². The lowest BCUT2D eigenvalue weighted by Gasteiger charge is -1.80. The largest absolute Gasteiger partial charge is 0.481 e. The Balaban J connectivity index is 2.22. The molecular formula is C7H8O2. The maximum absolute atomic E-state index is 10.4.